The van der Waals surface area contributed by atoms with E-state index in [0.29, 0.717) is 19.6 Å². The van der Waals surface area contributed by atoms with E-state index in [-0.39, 0.29) is 21.8 Å². The van der Waals surface area contributed by atoms with Crippen molar-refractivity contribution in [2.24, 2.45) is 11.7 Å². The highest BCUT2D eigenvalue weighted by Gasteiger charge is 2.33. The van der Waals surface area contributed by atoms with Crippen LogP contribution >= 0.6 is 0 Å². The fourth-order valence-corrected chi connectivity index (χ4v) is 5.65. The van der Waals surface area contributed by atoms with Crippen LogP contribution in [-0.4, -0.2) is 46.8 Å². The first-order valence-corrected chi connectivity index (χ1v) is 10.6. The lowest BCUT2D eigenvalue weighted by atomic mass is 10.1. The average molecular weight is 359 g/mol. The summed E-state index contributed by atoms with van der Waals surface area (Å²) >= 11 is 0. The van der Waals surface area contributed by atoms with Crippen LogP contribution in [0.2, 0.25) is 0 Å². The Labute approximate surface area is 137 Å². The summed E-state index contributed by atoms with van der Waals surface area (Å²) in [6.07, 6.45) is 2.38. The molecule has 1 saturated carbocycles. The Morgan fingerprint density at radius 3 is 2.43 bits per heavy atom. The van der Waals surface area contributed by atoms with Gasteiger partial charge in [0.05, 0.1) is 9.79 Å². The van der Waals surface area contributed by atoms with Crippen molar-refractivity contribution in [1.82, 2.24) is 9.03 Å². The van der Waals surface area contributed by atoms with Crippen molar-refractivity contribution in [2.45, 2.75) is 35.1 Å². The van der Waals surface area contributed by atoms with Gasteiger partial charge in [-0.2, -0.15) is 4.31 Å². The second-order valence-corrected chi connectivity index (χ2v) is 9.78. The molecule has 1 aliphatic heterocycles. The van der Waals surface area contributed by atoms with E-state index in [1.807, 2.05) is 0 Å². The predicted octanol–water partition coefficient (Wildman–Crippen LogP) is 0.0966. The molecular weight excluding hydrogens is 338 g/mol. The molecule has 3 N–H and O–H groups in total. The Morgan fingerprint density at radius 2 is 1.83 bits per heavy atom. The zero-order valence-corrected chi connectivity index (χ0v) is 14.3. The Bertz CT molecular complexity index is 788. The van der Waals surface area contributed by atoms with Crippen molar-refractivity contribution in [3.8, 4) is 0 Å². The number of nitrogens with two attached hydrogens (primary N) is 1. The molecule has 23 heavy (non-hydrogen) atoms. The SMILES string of the molecule is NCC1CCN(S(=O)(=O)c2cccc(S(=O)(=O)NC3CC3)c2)C1. The first kappa shape index (κ1) is 16.8. The van der Waals surface area contributed by atoms with Crippen LogP contribution in [0.1, 0.15) is 19.3 Å². The van der Waals surface area contributed by atoms with Crippen LogP contribution in [0.3, 0.4) is 0 Å². The van der Waals surface area contributed by atoms with Crippen LogP contribution in [0.4, 0.5) is 0 Å². The van der Waals surface area contributed by atoms with E-state index in [4.69, 9.17) is 5.73 Å². The first-order chi connectivity index (χ1) is 10.8. The molecule has 0 radical (unpaired) electrons. The van der Waals surface area contributed by atoms with Gasteiger partial charge in [-0.15, -0.1) is 0 Å². The van der Waals surface area contributed by atoms with Gasteiger partial charge in [-0.1, -0.05) is 6.07 Å². The number of nitrogens with one attached hydrogen (secondary N) is 1. The molecule has 2 aliphatic rings. The summed E-state index contributed by atoms with van der Waals surface area (Å²) in [5.41, 5.74) is 5.60. The molecule has 7 nitrogen and oxygen atoms in total. The van der Waals surface area contributed by atoms with E-state index in [1.54, 1.807) is 0 Å². The fraction of sp³-hybridized carbons (Fsp3) is 0.571. The van der Waals surface area contributed by atoms with Crippen LogP contribution in [-0.2, 0) is 20.0 Å². The highest BCUT2D eigenvalue weighted by molar-refractivity contribution is 7.90. The Hall–Kier alpha value is -1.00. The molecule has 9 heteroatoms. The Kier molecular flexibility index (Phi) is 4.49. The molecule has 1 atom stereocenters. The van der Waals surface area contributed by atoms with Crippen LogP contribution in [0.25, 0.3) is 0 Å². The zero-order chi connectivity index (χ0) is 16.7. The number of nitrogens with zero attached hydrogens (tertiary/aromatic N) is 1. The van der Waals surface area contributed by atoms with Crippen molar-refractivity contribution in [3.63, 3.8) is 0 Å². The van der Waals surface area contributed by atoms with Crippen molar-refractivity contribution in [2.75, 3.05) is 19.6 Å². The van der Waals surface area contributed by atoms with Gasteiger partial charge in [0.2, 0.25) is 20.0 Å². The van der Waals surface area contributed by atoms with E-state index in [1.165, 1.54) is 28.6 Å². The van der Waals surface area contributed by atoms with Gasteiger partial charge >= 0.3 is 0 Å². The maximum Gasteiger partial charge on any atom is 0.243 e. The molecule has 0 aromatic heterocycles. The third-order valence-corrected chi connectivity index (χ3v) is 7.61. The van der Waals surface area contributed by atoms with Crippen LogP contribution in [0.5, 0.6) is 0 Å². The highest BCUT2D eigenvalue weighted by Crippen LogP contribution is 2.26. The van der Waals surface area contributed by atoms with Crippen LogP contribution in [0, 0.1) is 5.92 Å². The largest absolute Gasteiger partial charge is 0.330 e. The van der Waals surface area contributed by atoms with Gasteiger partial charge in [0, 0.05) is 19.1 Å². The number of hydrogen-bond donors (Lipinski definition) is 2. The molecule has 1 saturated heterocycles. The van der Waals surface area contributed by atoms with Crippen LogP contribution < -0.4 is 10.5 Å². The summed E-state index contributed by atoms with van der Waals surface area (Å²) in [4.78, 5) is -0.00566. The molecule has 1 aliphatic carbocycles. The first-order valence-electron chi connectivity index (χ1n) is 7.65. The number of benzene rings is 1. The van der Waals surface area contributed by atoms with Gasteiger partial charge < -0.3 is 5.73 Å². The van der Waals surface area contributed by atoms with Gasteiger partial charge in [-0.05, 0) is 49.9 Å². The Balaban J connectivity index is 1.87. The molecule has 1 heterocycles. The molecule has 0 bridgehead atoms. The van der Waals surface area contributed by atoms with Gasteiger partial charge in [0.1, 0.15) is 0 Å². The van der Waals surface area contributed by atoms with Crippen molar-refractivity contribution < 1.29 is 16.8 Å². The Morgan fingerprint density at radius 1 is 1.13 bits per heavy atom. The van der Waals surface area contributed by atoms with E-state index in [2.05, 4.69) is 4.72 Å². The molecular formula is C14H21N3O4S2. The van der Waals surface area contributed by atoms with E-state index in [9.17, 15) is 16.8 Å². The maximum atomic E-state index is 12.7. The topological polar surface area (TPSA) is 110 Å². The van der Waals surface area contributed by atoms with E-state index in [0.717, 1.165) is 19.3 Å². The summed E-state index contributed by atoms with van der Waals surface area (Å²) in [6.45, 7) is 1.25. The van der Waals surface area contributed by atoms with E-state index >= 15 is 0 Å². The second kappa shape index (κ2) is 6.14. The summed E-state index contributed by atoms with van der Waals surface area (Å²) in [5.74, 6) is 0.160. The summed E-state index contributed by atoms with van der Waals surface area (Å²) in [5, 5.41) is 0. The lowest BCUT2D eigenvalue weighted by molar-refractivity contribution is 0.459. The summed E-state index contributed by atoms with van der Waals surface area (Å²) in [6, 6.07) is 5.52. The maximum absolute atomic E-state index is 12.7. The normalized spacial score (nSPS) is 23.3. The van der Waals surface area contributed by atoms with Gasteiger partial charge in [-0.25, -0.2) is 21.6 Å². The lowest BCUT2D eigenvalue weighted by Gasteiger charge is -2.17. The highest BCUT2D eigenvalue weighted by atomic mass is 32.2. The molecule has 0 amide bonds. The van der Waals surface area contributed by atoms with Gasteiger partial charge in [0.15, 0.2) is 0 Å². The van der Waals surface area contributed by atoms with Crippen molar-refractivity contribution in [3.05, 3.63) is 24.3 Å². The quantitative estimate of drug-likeness (QED) is 0.748. The molecule has 1 unspecified atom stereocenters. The molecule has 128 valence electrons. The predicted molar refractivity (Wildman–Crippen MR) is 85.7 cm³/mol. The molecule has 2 fully saturated rings. The third-order valence-electron chi connectivity index (χ3n) is 4.23. The van der Waals surface area contributed by atoms with Crippen molar-refractivity contribution in [1.29, 1.82) is 0 Å². The number of rotatable bonds is 6. The van der Waals surface area contributed by atoms with Gasteiger partial charge in [0.25, 0.3) is 0 Å². The fourth-order valence-electron chi connectivity index (χ4n) is 2.65. The minimum atomic E-state index is -3.69. The monoisotopic (exact) mass is 359 g/mol. The van der Waals surface area contributed by atoms with Crippen molar-refractivity contribution >= 4 is 20.0 Å². The molecule has 0 spiro atoms. The minimum Gasteiger partial charge on any atom is -0.330 e. The van der Waals surface area contributed by atoms with Gasteiger partial charge in [-0.3, -0.25) is 0 Å². The average Bonchev–Trinajstić information content (AvgIpc) is 3.18. The second-order valence-electron chi connectivity index (χ2n) is 6.12. The summed E-state index contributed by atoms with van der Waals surface area (Å²) < 4.78 is 53.8. The smallest absolute Gasteiger partial charge is 0.243 e. The van der Waals surface area contributed by atoms with E-state index < -0.39 is 20.0 Å². The molecule has 3 rings (SSSR count). The zero-order valence-electron chi connectivity index (χ0n) is 12.7. The number of hydrogen-bond acceptors (Lipinski definition) is 5. The summed E-state index contributed by atoms with van der Waals surface area (Å²) in [7, 11) is -7.36. The number of sulfonamides is 2. The minimum absolute atomic E-state index is 0.00819. The van der Waals surface area contributed by atoms with Crippen LogP contribution in [0.15, 0.2) is 34.1 Å². The third kappa shape index (κ3) is 3.58. The standard InChI is InChI=1S/C14H21N3O4S2/c15-9-11-6-7-17(10-11)23(20,21)14-3-1-2-13(8-14)22(18,19)16-12-4-5-12/h1-3,8,11-12,16H,4-7,9-10,15H2. The lowest BCUT2D eigenvalue weighted by Crippen LogP contribution is -2.30. The molecule has 1 aromatic carbocycles. The molecule has 1 aromatic rings.